The Labute approximate surface area is 110 Å². The Hall–Kier alpha value is -0.730. The molecular weight excluding hydrogens is 232 g/mol. The van der Waals surface area contributed by atoms with Crippen molar-refractivity contribution in [2.24, 2.45) is 0 Å². The average Bonchev–Trinajstić information content (AvgIpc) is 2.35. The first-order chi connectivity index (χ1) is 8.13. The highest BCUT2D eigenvalue weighted by Gasteiger charge is 2.10. The van der Waals surface area contributed by atoms with E-state index in [9.17, 15) is 0 Å². The molecule has 0 radical (unpaired) electrons. The predicted octanol–water partition coefficient (Wildman–Crippen LogP) is 3.86. The van der Waals surface area contributed by atoms with E-state index in [1.807, 2.05) is 7.05 Å². The lowest BCUT2D eigenvalue weighted by molar-refractivity contribution is 0.652. The van der Waals surface area contributed by atoms with Gasteiger partial charge in [0.15, 0.2) is 0 Å². The summed E-state index contributed by atoms with van der Waals surface area (Å²) in [5.41, 5.74) is 2.37. The second-order valence-corrected chi connectivity index (χ2v) is 4.71. The van der Waals surface area contributed by atoms with Gasteiger partial charge < -0.3 is 10.2 Å². The van der Waals surface area contributed by atoms with Crippen molar-refractivity contribution in [1.82, 2.24) is 5.32 Å². The van der Waals surface area contributed by atoms with Crippen LogP contribution in [-0.4, -0.2) is 20.1 Å². The van der Waals surface area contributed by atoms with E-state index in [-0.39, 0.29) is 0 Å². The molecule has 0 heterocycles. The molecule has 0 fully saturated rings. The molecule has 0 saturated carbocycles. The third-order valence-electron chi connectivity index (χ3n) is 3.12. The van der Waals surface area contributed by atoms with Gasteiger partial charge in [0.2, 0.25) is 0 Å². The molecule has 1 N–H and O–H groups in total. The lowest BCUT2D eigenvalue weighted by atomic mass is 10.1. The fourth-order valence-corrected chi connectivity index (χ4v) is 2.24. The van der Waals surface area contributed by atoms with Crippen LogP contribution in [0.15, 0.2) is 18.2 Å². The molecule has 17 heavy (non-hydrogen) atoms. The van der Waals surface area contributed by atoms with Crippen molar-refractivity contribution < 1.29 is 0 Å². The van der Waals surface area contributed by atoms with Gasteiger partial charge in [0.25, 0.3) is 0 Å². The number of hydrogen-bond acceptors (Lipinski definition) is 2. The fourth-order valence-electron chi connectivity index (χ4n) is 1.93. The molecule has 0 amide bonds. The minimum atomic E-state index is 0.336. The smallest absolute Gasteiger partial charge is 0.0642 e. The van der Waals surface area contributed by atoms with Crippen LogP contribution >= 0.6 is 11.6 Å². The highest BCUT2D eigenvalue weighted by Crippen LogP contribution is 2.29. The van der Waals surface area contributed by atoms with E-state index in [2.05, 4.69) is 49.2 Å². The van der Waals surface area contributed by atoms with Crippen molar-refractivity contribution in [3.8, 4) is 0 Å². The average molecular weight is 255 g/mol. The Morgan fingerprint density at radius 2 is 2.06 bits per heavy atom. The Bertz CT molecular complexity index is 352. The summed E-state index contributed by atoms with van der Waals surface area (Å²) < 4.78 is 0. The van der Waals surface area contributed by atoms with Gasteiger partial charge in [-0.1, -0.05) is 24.6 Å². The molecule has 0 aromatic heterocycles. The highest BCUT2D eigenvalue weighted by atomic mass is 35.5. The van der Waals surface area contributed by atoms with Crippen LogP contribution in [0.2, 0.25) is 5.02 Å². The third kappa shape index (κ3) is 3.62. The van der Waals surface area contributed by atoms with E-state index in [0.717, 1.165) is 30.2 Å². The van der Waals surface area contributed by atoms with Crippen LogP contribution in [0.5, 0.6) is 0 Å². The van der Waals surface area contributed by atoms with Gasteiger partial charge in [-0.05, 0) is 45.0 Å². The number of rotatable bonds is 6. The largest absolute Gasteiger partial charge is 0.371 e. The molecular formula is C14H23ClN2. The normalized spacial score (nSPS) is 12.5. The number of nitrogens with zero attached hydrogens (tertiary/aromatic N) is 1. The molecule has 0 aliphatic rings. The molecule has 1 aromatic rings. The zero-order chi connectivity index (χ0) is 12.8. The van der Waals surface area contributed by atoms with Crippen LogP contribution in [0.25, 0.3) is 0 Å². The number of halogens is 1. The first kappa shape index (κ1) is 14.3. The summed E-state index contributed by atoms with van der Waals surface area (Å²) in [6.07, 6.45) is 1.14. The van der Waals surface area contributed by atoms with E-state index in [0.29, 0.717) is 6.04 Å². The highest BCUT2D eigenvalue weighted by molar-refractivity contribution is 6.33. The van der Waals surface area contributed by atoms with Gasteiger partial charge in [-0.15, -0.1) is 0 Å². The number of nitrogens with one attached hydrogen (secondary N) is 1. The van der Waals surface area contributed by atoms with Crippen molar-refractivity contribution in [1.29, 1.82) is 0 Å². The van der Waals surface area contributed by atoms with E-state index in [1.54, 1.807) is 0 Å². The SMILES string of the molecule is CCCN(CC)c1ccc(C(C)NC)cc1Cl. The third-order valence-corrected chi connectivity index (χ3v) is 3.42. The van der Waals surface area contributed by atoms with Crippen molar-refractivity contribution in [2.45, 2.75) is 33.2 Å². The maximum Gasteiger partial charge on any atom is 0.0642 e. The standard InChI is InChI=1S/C14H23ClN2/c1-5-9-17(6-2)14-8-7-12(10-13(14)15)11(3)16-4/h7-8,10-11,16H,5-6,9H2,1-4H3. The van der Waals surface area contributed by atoms with Crippen LogP contribution in [0.4, 0.5) is 5.69 Å². The van der Waals surface area contributed by atoms with Gasteiger partial charge >= 0.3 is 0 Å². The lowest BCUT2D eigenvalue weighted by Crippen LogP contribution is -2.23. The van der Waals surface area contributed by atoms with E-state index in [1.165, 1.54) is 5.56 Å². The maximum absolute atomic E-state index is 6.37. The van der Waals surface area contributed by atoms with Gasteiger partial charge in [0.1, 0.15) is 0 Å². The molecule has 96 valence electrons. The molecule has 0 spiro atoms. The van der Waals surface area contributed by atoms with E-state index in [4.69, 9.17) is 11.6 Å². The monoisotopic (exact) mass is 254 g/mol. The van der Waals surface area contributed by atoms with Crippen molar-refractivity contribution in [2.75, 3.05) is 25.0 Å². The van der Waals surface area contributed by atoms with Crippen LogP contribution in [0.1, 0.15) is 38.8 Å². The predicted molar refractivity (Wildman–Crippen MR) is 77.1 cm³/mol. The first-order valence-electron chi connectivity index (χ1n) is 6.35. The van der Waals surface area contributed by atoms with Crippen LogP contribution in [-0.2, 0) is 0 Å². The minimum Gasteiger partial charge on any atom is -0.371 e. The minimum absolute atomic E-state index is 0.336. The summed E-state index contributed by atoms with van der Waals surface area (Å²) >= 11 is 6.37. The molecule has 0 bridgehead atoms. The Kier molecular flexibility index (Phi) is 5.79. The summed E-state index contributed by atoms with van der Waals surface area (Å²) in [7, 11) is 1.96. The summed E-state index contributed by atoms with van der Waals surface area (Å²) in [5, 5.41) is 4.07. The molecule has 1 unspecified atom stereocenters. The molecule has 3 heteroatoms. The summed E-state index contributed by atoms with van der Waals surface area (Å²) in [5.74, 6) is 0. The van der Waals surface area contributed by atoms with Gasteiger partial charge in [0.05, 0.1) is 10.7 Å². The lowest BCUT2D eigenvalue weighted by Gasteiger charge is -2.24. The Balaban J connectivity index is 2.95. The van der Waals surface area contributed by atoms with Crippen molar-refractivity contribution in [3.63, 3.8) is 0 Å². The van der Waals surface area contributed by atoms with Gasteiger partial charge in [0, 0.05) is 19.1 Å². The second kappa shape index (κ2) is 6.87. The van der Waals surface area contributed by atoms with E-state index >= 15 is 0 Å². The van der Waals surface area contributed by atoms with Gasteiger partial charge in [-0.3, -0.25) is 0 Å². The number of hydrogen-bond donors (Lipinski definition) is 1. The number of anilines is 1. The second-order valence-electron chi connectivity index (χ2n) is 4.30. The van der Waals surface area contributed by atoms with Crippen LogP contribution in [0, 0.1) is 0 Å². The summed E-state index contributed by atoms with van der Waals surface area (Å²) in [4.78, 5) is 2.32. The zero-order valence-corrected chi connectivity index (χ0v) is 12.0. The van der Waals surface area contributed by atoms with Gasteiger partial charge in [-0.2, -0.15) is 0 Å². The Morgan fingerprint density at radius 3 is 2.53 bits per heavy atom. The van der Waals surface area contributed by atoms with Crippen molar-refractivity contribution in [3.05, 3.63) is 28.8 Å². The fraction of sp³-hybridized carbons (Fsp3) is 0.571. The number of benzene rings is 1. The van der Waals surface area contributed by atoms with Crippen LogP contribution in [0.3, 0.4) is 0 Å². The quantitative estimate of drug-likeness (QED) is 0.830. The van der Waals surface area contributed by atoms with Crippen LogP contribution < -0.4 is 10.2 Å². The molecule has 1 aromatic carbocycles. The first-order valence-corrected chi connectivity index (χ1v) is 6.73. The Morgan fingerprint density at radius 1 is 1.35 bits per heavy atom. The maximum atomic E-state index is 6.37. The molecule has 0 aliphatic heterocycles. The molecule has 1 rings (SSSR count). The molecule has 0 saturated heterocycles. The van der Waals surface area contributed by atoms with E-state index < -0.39 is 0 Å². The van der Waals surface area contributed by atoms with Gasteiger partial charge in [-0.25, -0.2) is 0 Å². The molecule has 2 nitrogen and oxygen atoms in total. The topological polar surface area (TPSA) is 15.3 Å². The zero-order valence-electron chi connectivity index (χ0n) is 11.3. The summed E-state index contributed by atoms with van der Waals surface area (Å²) in [6, 6.07) is 6.68. The summed E-state index contributed by atoms with van der Waals surface area (Å²) in [6.45, 7) is 8.53. The molecule has 1 atom stereocenters. The molecule has 0 aliphatic carbocycles. The van der Waals surface area contributed by atoms with Crippen molar-refractivity contribution >= 4 is 17.3 Å².